The van der Waals surface area contributed by atoms with Crippen LogP contribution in [-0.4, -0.2) is 109 Å². The van der Waals surface area contributed by atoms with E-state index < -0.39 is 0 Å². The van der Waals surface area contributed by atoms with Crippen LogP contribution in [0.5, 0.6) is 0 Å². The third kappa shape index (κ3) is 11.9. The minimum absolute atomic E-state index is 0. The molecule has 0 aromatic rings. The number of ether oxygens (including phenoxy) is 4. The number of hydrogen-bond donors (Lipinski definition) is 1. The summed E-state index contributed by atoms with van der Waals surface area (Å²) in [5.74, 6) is 0. The van der Waals surface area contributed by atoms with Gasteiger partial charge in [-0.3, -0.25) is 10.2 Å². The van der Waals surface area contributed by atoms with E-state index >= 15 is 0 Å². The Balaban J connectivity index is -0.000000661. The second kappa shape index (κ2) is 19.2. The summed E-state index contributed by atoms with van der Waals surface area (Å²) in [6.07, 6.45) is 0.634. The van der Waals surface area contributed by atoms with Crippen LogP contribution in [0.1, 0.15) is 0 Å². The molecule has 1 rings (SSSR count). The average Bonchev–Trinajstić information content (AvgIpc) is 2.55. The maximum atomic E-state index is 5.63. The fourth-order valence-corrected chi connectivity index (χ4v) is 2.64. The molecule has 3 unspecified atom stereocenters. The van der Waals surface area contributed by atoms with Crippen LogP contribution >= 0.6 is 0 Å². The third-order valence-electron chi connectivity index (χ3n) is 4.26. The number of halogens is 3. The first kappa shape index (κ1) is 35.7. The molecule has 0 amide bonds. The van der Waals surface area contributed by atoms with Gasteiger partial charge in [-0.1, -0.05) is 6.54 Å². The average molecular weight is 488 g/mol. The van der Waals surface area contributed by atoms with Crippen molar-refractivity contribution < 1.29 is 77.9 Å². The summed E-state index contributed by atoms with van der Waals surface area (Å²) < 4.78 is 22.3. The Bertz CT molecular complexity index is 343. The van der Waals surface area contributed by atoms with E-state index in [0.29, 0.717) is 26.2 Å². The summed E-state index contributed by atoms with van der Waals surface area (Å²) >= 11 is 0. The largest absolute Gasteiger partial charge is 4.00 e. The monoisotopic (exact) mass is 486 g/mol. The van der Waals surface area contributed by atoms with E-state index in [1.54, 1.807) is 28.4 Å². The van der Waals surface area contributed by atoms with Crippen LogP contribution in [0.25, 0.3) is 0 Å². The molecule has 162 valence electrons. The summed E-state index contributed by atoms with van der Waals surface area (Å²) in [6.45, 7) is 2.69. The molecule has 12 heteroatoms. The van der Waals surface area contributed by atoms with Gasteiger partial charge < -0.3 is 66.0 Å². The zero-order valence-corrected chi connectivity index (χ0v) is 21.0. The normalized spacial score (nSPS) is 27.0. The first-order chi connectivity index (χ1) is 11.0. The topological polar surface area (TPSA) is 58.7 Å². The number of methoxy groups -OCH3 is 4. The van der Waals surface area contributed by atoms with Crippen LogP contribution in [0.4, 0.5) is 0 Å². The SMILES string of the molecule is CO[C-]1CN(C)C(OC)CNC(OC)CN(C)C(OC)CN1C.[Cl-].[Cl-].[Cl-].[Ti+4]. The molecule has 1 fully saturated rings. The maximum Gasteiger partial charge on any atom is 4.00 e. The Hall–Kier alpha value is 1.26. The Morgan fingerprint density at radius 1 is 0.815 bits per heavy atom. The van der Waals surface area contributed by atoms with Gasteiger partial charge in [-0.25, -0.2) is 0 Å². The summed E-state index contributed by atoms with van der Waals surface area (Å²) in [5, 5.41) is 3.39. The molecule has 0 spiro atoms. The van der Waals surface area contributed by atoms with E-state index in [9.17, 15) is 0 Å². The van der Waals surface area contributed by atoms with Crippen LogP contribution in [0.3, 0.4) is 0 Å². The van der Waals surface area contributed by atoms with Gasteiger partial charge in [-0.15, -0.1) is 6.23 Å². The predicted molar refractivity (Wildman–Crippen MR) is 88.5 cm³/mol. The van der Waals surface area contributed by atoms with Crippen molar-refractivity contribution in [3.63, 3.8) is 0 Å². The number of nitrogens with zero attached hydrogens (tertiary/aromatic N) is 3. The van der Waals surface area contributed by atoms with Crippen molar-refractivity contribution >= 4 is 0 Å². The Morgan fingerprint density at radius 2 is 1.37 bits per heavy atom. The first-order valence-corrected chi connectivity index (χ1v) is 7.80. The second-order valence-corrected chi connectivity index (χ2v) is 5.85. The van der Waals surface area contributed by atoms with Gasteiger partial charge in [0, 0.05) is 48.1 Å². The molecule has 3 atom stereocenters. The van der Waals surface area contributed by atoms with Crippen LogP contribution in [0, 0.1) is 6.23 Å². The number of nitrogens with one attached hydrogen (secondary N) is 1. The molecular formula is C15H33Cl3N4O4Ti. The van der Waals surface area contributed by atoms with Crippen molar-refractivity contribution in [2.45, 2.75) is 18.7 Å². The fourth-order valence-electron chi connectivity index (χ4n) is 2.64. The van der Waals surface area contributed by atoms with Gasteiger partial charge in [0.25, 0.3) is 0 Å². The number of hydrogen-bond acceptors (Lipinski definition) is 8. The van der Waals surface area contributed by atoms with Crippen molar-refractivity contribution in [2.24, 2.45) is 0 Å². The minimum atomic E-state index is -0.0979. The molecule has 1 aliphatic heterocycles. The zero-order chi connectivity index (χ0) is 17.4. The molecule has 0 aliphatic carbocycles. The van der Waals surface area contributed by atoms with E-state index in [1.807, 2.05) is 21.1 Å². The van der Waals surface area contributed by atoms with Gasteiger partial charge in [0.15, 0.2) is 0 Å². The van der Waals surface area contributed by atoms with E-state index in [4.69, 9.17) is 18.9 Å². The molecule has 0 saturated carbocycles. The minimum Gasteiger partial charge on any atom is -1.00 e. The number of rotatable bonds is 4. The van der Waals surface area contributed by atoms with E-state index in [2.05, 4.69) is 20.0 Å². The summed E-state index contributed by atoms with van der Waals surface area (Å²) in [6, 6.07) is 0. The summed E-state index contributed by atoms with van der Waals surface area (Å²) in [7, 11) is 12.9. The fraction of sp³-hybridized carbons (Fsp3) is 0.933. The van der Waals surface area contributed by atoms with E-state index in [-0.39, 0.29) is 77.6 Å². The standard InChI is InChI=1S/C15H33N4O4.3ClH.Ti/c1-17-9-12(20-4)16-8-13(21-5)18(2)10-15(23-7)19(3)11-14(17)22-6;;;;/h12-14,16H,8-11H2,1-7H3;3*1H;/q-1;;;;+4/p-3. The van der Waals surface area contributed by atoms with Gasteiger partial charge in [-0.2, -0.15) is 0 Å². The van der Waals surface area contributed by atoms with Crippen LogP contribution in [-0.2, 0) is 40.7 Å². The molecule has 1 N–H and O–H groups in total. The third-order valence-corrected chi connectivity index (χ3v) is 4.26. The van der Waals surface area contributed by atoms with Crippen LogP contribution in [0.2, 0.25) is 0 Å². The molecule has 27 heavy (non-hydrogen) atoms. The second-order valence-electron chi connectivity index (χ2n) is 5.85. The van der Waals surface area contributed by atoms with Crippen LogP contribution in [0.15, 0.2) is 0 Å². The Kier molecular flexibility index (Phi) is 25.4. The Morgan fingerprint density at radius 3 is 1.81 bits per heavy atom. The van der Waals surface area contributed by atoms with E-state index in [0.717, 1.165) is 6.23 Å². The zero-order valence-electron chi connectivity index (χ0n) is 17.2. The quantitative estimate of drug-likeness (QED) is 0.310. The molecule has 0 aromatic heterocycles. The summed E-state index contributed by atoms with van der Waals surface area (Å²) in [4.78, 5) is 6.30. The van der Waals surface area contributed by atoms with Crippen molar-refractivity contribution in [1.29, 1.82) is 0 Å². The molecule has 8 nitrogen and oxygen atoms in total. The molecule has 1 aliphatic rings. The molecule has 0 bridgehead atoms. The predicted octanol–water partition coefficient (Wildman–Crippen LogP) is -9.55. The van der Waals surface area contributed by atoms with Gasteiger partial charge >= 0.3 is 21.7 Å². The van der Waals surface area contributed by atoms with Crippen LogP contribution < -0.4 is 42.5 Å². The maximum absolute atomic E-state index is 5.63. The Labute approximate surface area is 198 Å². The van der Waals surface area contributed by atoms with E-state index in [1.165, 1.54) is 0 Å². The molecule has 0 radical (unpaired) electrons. The number of likely N-dealkylation sites (N-methyl/N-ethyl adjacent to an activating group) is 3. The van der Waals surface area contributed by atoms with Crippen molar-refractivity contribution in [3.05, 3.63) is 6.23 Å². The summed E-state index contributed by atoms with van der Waals surface area (Å²) in [5.41, 5.74) is 0. The van der Waals surface area contributed by atoms with Gasteiger partial charge in [0.05, 0.1) is 0 Å². The van der Waals surface area contributed by atoms with Crippen molar-refractivity contribution in [1.82, 2.24) is 20.0 Å². The van der Waals surface area contributed by atoms with Gasteiger partial charge in [-0.05, 0) is 21.1 Å². The van der Waals surface area contributed by atoms with Gasteiger partial charge in [0.1, 0.15) is 18.7 Å². The van der Waals surface area contributed by atoms with Gasteiger partial charge in [0.2, 0.25) is 0 Å². The molecule has 1 saturated heterocycles. The molecular weight excluding hydrogens is 454 g/mol. The molecule has 0 aromatic carbocycles. The van der Waals surface area contributed by atoms with Crippen molar-refractivity contribution in [3.8, 4) is 0 Å². The first-order valence-electron chi connectivity index (χ1n) is 7.80. The van der Waals surface area contributed by atoms with Crippen molar-refractivity contribution in [2.75, 3.05) is 75.8 Å². The molecule has 1 heterocycles. The smallest absolute Gasteiger partial charge is 1.00 e.